The third kappa shape index (κ3) is 4.15. The molecule has 1 amide bonds. The Morgan fingerprint density at radius 1 is 1.36 bits per heavy atom. The standard InChI is InChI=1S/C16H13ClFN5OS/c1-23-15(10-3-2-6-19-8-10)21-22-16(23)25-9-14(24)20-11-4-5-13(18)12(17)7-11/h2-8H,9H2,1H3,(H,20,24). The minimum Gasteiger partial charge on any atom is -0.325 e. The van der Waals surface area contributed by atoms with Gasteiger partial charge >= 0.3 is 0 Å². The van der Waals surface area contributed by atoms with E-state index in [2.05, 4.69) is 20.5 Å². The molecule has 0 saturated carbocycles. The van der Waals surface area contributed by atoms with Crippen molar-refractivity contribution in [2.24, 2.45) is 7.05 Å². The summed E-state index contributed by atoms with van der Waals surface area (Å²) < 4.78 is 14.9. The lowest BCUT2D eigenvalue weighted by molar-refractivity contribution is -0.113. The maximum atomic E-state index is 13.1. The lowest BCUT2D eigenvalue weighted by Crippen LogP contribution is -2.14. The minimum absolute atomic E-state index is 0.0418. The number of aromatic nitrogens is 4. The van der Waals surface area contributed by atoms with E-state index in [0.29, 0.717) is 16.7 Å². The molecule has 1 N–H and O–H groups in total. The van der Waals surface area contributed by atoms with Crippen LogP contribution in [0.2, 0.25) is 5.02 Å². The Labute approximate surface area is 152 Å². The zero-order chi connectivity index (χ0) is 17.8. The number of anilines is 1. The third-order valence-corrected chi connectivity index (χ3v) is 4.60. The molecule has 0 aliphatic rings. The van der Waals surface area contributed by atoms with Gasteiger partial charge in [0.2, 0.25) is 5.91 Å². The summed E-state index contributed by atoms with van der Waals surface area (Å²) in [6.45, 7) is 0. The first kappa shape index (κ1) is 17.4. The van der Waals surface area contributed by atoms with Gasteiger partial charge in [0.25, 0.3) is 0 Å². The molecule has 3 aromatic rings. The fourth-order valence-electron chi connectivity index (χ4n) is 2.09. The van der Waals surface area contributed by atoms with Crippen LogP contribution in [-0.2, 0) is 11.8 Å². The minimum atomic E-state index is -0.531. The molecule has 0 saturated heterocycles. The maximum absolute atomic E-state index is 13.1. The molecule has 0 aliphatic heterocycles. The zero-order valence-corrected chi connectivity index (χ0v) is 14.7. The van der Waals surface area contributed by atoms with Gasteiger partial charge in [0, 0.05) is 30.7 Å². The van der Waals surface area contributed by atoms with Gasteiger partial charge < -0.3 is 9.88 Å². The number of nitrogens with one attached hydrogen (secondary N) is 1. The van der Waals surface area contributed by atoms with E-state index in [1.165, 1.54) is 30.0 Å². The Morgan fingerprint density at radius 3 is 2.92 bits per heavy atom. The first-order valence-corrected chi connectivity index (χ1v) is 8.58. The predicted molar refractivity (Wildman–Crippen MR) is 95.0 cm³/mol. The Morgan fingerprint density at radius 2 is 2.20 bits per heavy atom. The Hall–Kier alpha value is -2.45. The quantitative estimate of drug-likeness (QED) is 0.690. The molecular weight excluding hydrogens is 365 g/mol. The Balaban J connectivity index is 1.63. The summed E-state index contributed by atoms with van der Waals surface area (Å²) in [6.07, 6.45) is 3.38. The highest BCUT2D eigenvalue weighted by Crippen LogP contribution is 2.23. The van der Waals surface area contributed by atoms with Gasteiger partial charge in [-0.15, -0.1) is 10.2 Å². The highest BCUT2D eigenvalue weighted by Gasteiger charge is 2.13. The number of nitrogens with zero attached hydrogens (tertiary/aromatic N) is 4. The first-order valence-electron chi connectivity index (χ1n) is 7.22. The molecule has 0 radical (unpaired) electrons. The normalized spacial score (nSPS) is 10.7. The number of amides is 1. The smallest absolute Gasteiger partial charge is 0.234 e. The number of halogens is 2. The van der Waals surface area contributed by atoms with Gasteiger partial charge in [-0.2, -0.15) is 0 Å². The van der Waals surface area contributed by atoms with Crippen molar-refractivity contribution in [3.63, 3.8) is 0 Å². The van der Waals surface area contributed by atoms with E-state index in [9.17, 15) is 9.18 Å². The van der Waals surface area contributed by atoms with Gasteiger partial charge in [-0.25, -0.2) is 4.39 Å². The number of hydrogen-bond donors (Lipinski definition) is 1. The van der Waals surface area contributed by atoms with Gasteiger partial charge in [0.1, 0.15) is 5.82 Å². The summed E-state index contributed by atoms with van der Waals surface area (Å²) in [5.41, 5.74) is 1.28. The molecule has 2 aromatic heterocycles. The van der Waals surface area contributed by atoms with Crippen LogP contribution in [0, 0.1) is 5.82 Å². The van der Waals surface area contributed by atoms with E-state index in [4.69, 9.17) is 11.6 Å². The van der Waals surface area contributed by atoms with Crippen LogP contribution in [0.25, 0.3) is 11.4 Å². The van der Waals surface area contributed by atoms with Crippen LogP contribution in [-0.4, -0.2) is 31.4 Å². The molecular formula is C16H13ClFN5OS. The van der Waals surface area contributed by atoms with Gasteiger partial charge in [-0.05, 0) is 30.3 Å². The summed E-state index contributed by atoms with van der Waals surface area (Å²) in [7, 11) is 1.82. The number of thioether (sulfide) groups is 1. The molecule has 0 bridgehead atoms. The average molecular weight is 378 g/mol. The number of carbonyl (C=O) groups excluding carboxylic acids is 1. The summed E-state index contributed by atoms with van der Waals surface area (Å²) in [6, 6.07) is 7.72. The molecule has 0 atom stereocenters. The van der Waals surface area contributed by atoms with Crippen LogP contribution in [0.3, 0.4) is 0 Å². The lowest BCUT2D eigenvalue weighted by atomic mass is 10.3. The van der Waals surface area contributed by atoms with Crippen molar-refractivity contribution in [1.29, 1.82) is 0 Å². The van der Waals surface area contributed by atoms with Crippen molar-refractivity contribution < 1.29 is 9.18 Å². The highest BCUT2D eigenvalue weighted by molar-refractivity contribution is 7.99. The third-order valence-electron chi connectivity index (χ3n) is 3.29. The second-order valence-electron chi connectivity index (χ2n) is 5.07. The number of rotatable bonds is 5. The molecule has 0 aliphatic carbocycles. The maximum Gasteiger partial charge on any atom is 0.234 e. The van der Waals surface area contributed by atoms with Gasteiger partial charge in [0.15, 0.2) is 11.0 Å². The van der Waals surface area contributed by atoms with E-state index in [1.807, 2.05) is 19.2 Å². The van der Waals surface area contributed by atoms with Crippen LogP contribution in [0.15, 0.2) is 47.9 Å². The van der Waals surface area contributed by atoms with Crippen molar-refractivity contribution in [2.45, 2.75) is 5.16 Å². The summed E-state index contributed by atoms with van der Waals surface area (Å²) in [5, 5.41) is 11.4. The molecule has 1 aromatic carbocycles. The fourth-order valence-corrected chi connectivity index (χ4v) is 2.98. The van der Waals surface area contributed by atoms with Crippen molar-refractivity contribution in [3.05, 3.63) is 53.6 Å². The second-order valence-corrected chi connectivity index (χ2v) is 6.42. The Kier molecular flexibility index (Phi) is 5.30. The fraction of sp³-hybridized carbons (Fsp3) is 0.125. The van der Waals surface area contributed by atoms with Crippen LogP contribution in [0.4, 0.5) is 10.1 Å². The van der Waals surface area contributed by atoms with E-state index in [0.717, 1.165) is 5.56 Å². The monoisotopic (exact) mass is 377 g/mol. The van der Waals surface area contributed by atoms with Crippen LogP contribution in [0.5, 0.6) is 0 Å². The molecule has 128 valence electrons. The zero-order valence-electron chi connectivity index (χ0n) is 13.1. The predicted octanol–water partition coefficient (Wildman–Crippen LogP) is 3.40. The van der Waals surface area contributed by atoms with Crippen LogP contribution >= 0.6 is 23.4 Å². The van der Waals surface area contributed by atoms with Crippen molar-refractivity contribution in [2.75, 3.05) is 11.1 Å². The molecule has 9 heteroatoms. The van der Waals surface area contributed by atoms with Gasteiger partial charge in [-0.1, -0.05) is 23.4 Å². The number of benzene rings is 1. The number of hydrogen-bond acceptors (Lipinski definition) is 5. The van der Waals surface area contributed by atoms with Crippen molar-refractivity contribution in [1.82, 2.24) is 19.7 Å². The number of pyridine rings is 1. The SMILES string of the molecule is Cn1c(SCC(=O)Nc2ccc(F)c(Cl)c2)nnc1-c1cccnc1. The van der Waals surface area contributed by atoms with E-state index in [-0.39, 0.29) is 16.7 Å². The average Bonchev–Trinajstić information content (AvgIpc) is 2.98. The van der Waals surface area contributed by atoms with E-state index < -0.39 is 5.82 Å². The van der Waals surface area contributed by atoms with Crippen molar-refractivity contribution >= 4 is 35.0 Å². The van der Waals surface area contributed by atoms with Crippen LogP contribution < -0.4 is 5.32 Å². The topological polar surface area (TPSA) is 72.7 Å². The highest BCUT2D eigenvalue weighted by atomic mass is 35.5. The Bertz CT molecular complexity index is 903. The molecule has 6 nitrogen and oxygen atoms in total. The first-order chi connectivity index (χ1) is 12.0. The molecule has 0 fully saturated rings. The molecule has 0 unspecified atom stereocenters. The van der Waals surface area contributed by atoms with Gasteiger partial charge in [0.05, 0.1) is 10.8 Å². The van der Waals surface area contributed by atoms with Crippen molar-refractivity contribution in [3.8, 4) is 11.4 Å². The molecule has 0 spiro atoms. The summed E-state index contributed by atoms with van der Waals surface area (Å²) in [5.74, 6) is 0.0181. The largest absolute Gasteiger partial charge is 0.325 e. The summed E-state index contributed by atoms with van der Waals surface area (Å²) in [4.78, 5) is 16.1. The summed E-state index contributed by atoms with van der Waals surface area (Å²) >= 11 is 6.94. The second kappa shape index (κ2) is 7.62. The molecule has 2 heterocycles. The number of carbonyl (C=O) groups is 1. The lowest BCUT2D eigenvalue weighted by Gasteiger charge is -2.06. The molecule has 25 heavy (non-hydrogen) atoms. The van der Waals surface area contributed by atoms with Gasteiger partial charge in [-0.3, -0.25) is 9.78 Å². The molecule has 3 rings (SSSR count). The van der Waals surface area contributed by atoms with E-state index >= 15 is 0 Å². The van der Waals surface area contributed by atoms with Crippen LogP contribution in [0.1, 0.15) is 0 Å². The van der Waals surface area contributed by atoms with E-state index in [1.54, 1.807) is 17.0 Å².